The first-order valence-corrected chi connectivity index (χ1v) is 10.5. The molecular weight excluding hydrogens is 346 g/mol. The minimum Gasteiger partial charge on any atom is -0.375 e. The number of nitrogens with one attached hydrogen (secondary N) is 2. The maximum absolute atomic E-state index is 5.03. The number of hydrogen-bond acceptors (Lipinski definition) is 5. The van der Waals surface area contributed by atoms with Crippen LogP contribution in [0.25, 0.3) is 0 Å². The van der Waals surface area contributed by atoms with Gasteiger partial charge in [0.2, 0.25) is 0 Å². The summed E-state index contributed by atoms with van der Waals surface area (Å²) in [4.78, 5) is 7.33. The number of nitrogens with zero attached hydrogens (tertiary/aromatic N) is 3. The number of allylic oxidation sites excluding steroid dienone is 1. The lowest BCUT2D eigenvalue weighted by molar-refractivity contribution is 0.420. The molecule has 0 saturated carbocycles. The molecule has 5 nitrogen and oxygen atoms in total. The molecule has 0 aromatic heterocycles. The summed E-state index contributed by atoms with van der Waals surface area (Å²) in [6, 6.07) is 1.05. The van der Waals surface area contributed by atoms with Crippen LogP contribution in [0.3, 0.4) is 0 Å². The molecule has 2 N–H and O–H groups in total. The molecule has 28 heavy (non-hydrogen) atoms. The van der Waals surface area contributed by atoms with Crippen molar-refractivity contribution in [2.45, 2.75) is 56.8 Å². The Morgan fingerprint density at radius 1 is 1.25 bits per heavy atom. The van der Waals surface area contributed by atoms with Crippen molar-refractivity contribution >= 4 is 12.1 Å². The van der Waals surface area contributed by atoms with Gasteiger partial charge >= 0.3 is 0 Å². The molecule has 5 heteroatoms. The molecule has 5 unspecified atom stereocenters. The Labute approximate surface area is 167 Å². The maximum Gasteiger partial charge on any atom is 0.103 e. The molecule has 0 fully saturated rings. The van der Waals surface area contributed by atoms with E-state index in [0.717, 1.165) is 5.84 Å². The highest BCUT2D eigenvalue weighted by Crippen LogP contribution is 2.43. The van der Waals surface area contributed by atoms with Gasteiger partial charge in [-0.1, -0.05) is 24.3 Å². The minimum absolute atomic E-state index is 0.191. The largest absolute Gasteiger partial charge is 0.375 e. The lowest BCUT2D eigenvalue weighted by Crippen LogP contribution is -2.43. The Morgan fingerprint density at radius 2 is 2.11 bits per heavy atom. The van der Waals surface area contributed by atoms with Crippen molar-refractivity contribution in [3.63, 3.8) is 0 Å². The normalized spacial score (nSPS) is 36.1. The Hall–Kier alpha value is -2.56. The zero-order valence-corrected chi connectivity index (χ0v) is 16.7. The molecule has 0 aromatic rings. The first-order chi connectivity index (χ1) is 13.7. The van der Waals surface area contributed by atoms with Gasteiger partial charge in [-0.05, 0) is 49.8 Å². The molecule has 0 aromatic carbocycles. The Kier molecular flexibility index (Phi) is 4.26. The Balaban J connectivity index is 1.48. The average Bonchev–Trinajstić information content (AvgIpc) is 3.30. The summed E-state index contributed by atoms with van der Waals surface area (Å²) in [7, 11) is 2.16. The summed E-state index contributed by atoms with van der Waals surface area (Å²) < 4.78 is 0. The Morgan fingerprint density at radius 3 is 2.96 bits per heavy atom. The van der Waals surface area contributed by atoms with Gasteiger partial charge in [-0.2, -0.15) is 5.10 Å². The second kappa shape index (κ2) is 6.80. The molecule has 5 atom stereocenters. The van der Waals surface area contributed by atoms with Gasteiger partial charge in [0.1, 0.15) is 6.04 Å². The fourth-order valence-corrected chi connectivity index (χ4v) is 5.19. The van der Waals surface area contributed by atoms with Crippen molar-refractivity contribution in [2.24, 2.45) is 16.0 Å². The van der Waals surface area contributed by atoms with Crippen LogP contribution in [0.5, 0.6) is 0 Å². The van der Waals surface area contributed by atoms with Gasteiger partial charge in [0.15, 0.2) is 0 Å². The first-order valence-electron chi connectivity index (χ1n) is 10.5. The number of fused-ring (bicyclic) bond motifs is 3. The second-order valence-electron chi connectivity index (χ2n) is 8.37. The fourth-order valence-electron chi connectivity index (χ4n) is 5.19. The smallest absolute Gasteiger partial charge is 0.103 e. The lowest BCUT2D eigenvalue weighted by atomic mass is 9.75. The van der Waals surface area contributed by atoms with Gasteiger partial charge in [-0.15, -0.1) is 6.58 Å². The zero-order valence-electron chi connectivity index (χ0n) is 16.7. The van der Waals surface area contributed by atoms with Crippen LogP contribution < -0.4 is 10.7 Å². The molecular formula is C23H29N5. The molecule has 0 saturated heterocycles. The number of aliphatic imine (C=N–C) groups is 1. The quantitative estimate of drug-likeness (QED) is 0.746. The highest BCUT2D eigenvalue weighted by atomic mass is 15.3. The monoisotopic (exact) mass is 375 g/mol. The SMILES string of the molecule is C=CC1NN=CC1/C=C/C1NC2=C(C3=C1CCCC3)C1N=C(C)N(C)C1C=C2. The van der Waals surface area contributed by atoms with Crippen molar-refractivity contribution in [2.75, 3.05) is 7.05 Å². The Bertz CT molecular complexity index is 871. The summed E-state index contributed by atoms with van der Waals surface area (Å²) in [5, 5.41) is 8.03. The third-order valence-electron chi connectivity index (χ3n) is 6.84. The van der Waals surface area contributed by atoms with Crippen LogP contribution in [0.1, 0.15) is 32.6 Å². The van der Waals surface area contributed by atoms with E-state index in [1.54, 1.807) is 11.1 Å². The van der Waals surface area contributed by atoms with E-state index in [9.17, 15) is 0 Å². The number of rotatable bonds is 3. The molecule has 5 rings (SSSR count). The van der Waals surface area contributed by atoms with Crippen molar-refractivity contribution < 1.29 is 0 Å². The van der Waals surface area contributed by atoms with Gasteiger partial charge in [0.25, 0.3) is 0 Å². The van der Waals surface area contributed by atoms with E-state index in [2.05, 4.69) is 65.6 Å². The van der Waals surface area contributed by atoms with E-state index in [0.29, 0.717) is 6.04 Å². The molecule has 0 spiro atoms. The predicted octanol–water partition coefficient (Wildman–Crippen LogP) is 3.07. The third kappa shape index (κ3) is 2.67. The van der Waals surface area contributed by atoms with Crippen LogP contribution in [0.2, 0.25) is 0 Å². The highest BCUT2D eigenvalue weighted by Gasteiger charge is 2.41. The van der Waals surface area contributed by atoms with E-state index in [1.165, 1.54) is 37.0 Å². The maximum atomic E-state index is 5.03. The number of amidine groups is 1. The van der Waals surface area contributed by atoms with Crippen LogP contribution in [0.4, 0.5) is 0 Å². The van der Waals surface area contributed by atoms with Crippen LogP contribution in [0, 0.1) is 5.92 Å². The second-order valence-corrected chi connectivity index (χ2v) is 8.37. The van der Waals surface area contributed by atoms with Crippen LogP contribution >= 0.6 is 0 Å². The first kappa shape index (κ1) is 17.5. The molecule has 3 heterocycles. The zero-order chi connectivity index (χ0) is 19.3. The standard InChI is InChI=1S/C23H29N5/c1-4-18-15(13-24-27-18)9-10-19-16-7-5-6-8-17(16)22-20(26-19)11-12-21-23(22)25-14(2)28(21)3/h4,9-13,15,18-19,21,23,26-27H,1,5-8H2,2-3H3/b10-9+. The lowest BCUT2D eigenvalue weighted by Gasteiger charge is -2.39. The van der Waals surface area contributed by atoms with E-state index in [-0.39, 0.29) is 24.0 Å². The average molecular weight is 376 g/mol. The topological polar surface area (TPSA) is 52.0 Å². The number of hydrazone groups is 1. The predicted molar refractivity (Wildman–Crippen MR) is 115 cm³/mol. The van der Waals surface area contributed by atoms with Crippen LogP contribution in [-0.2, 0) is 0 Å². The number of likely N-dealkylation sites (N-methyl/N-ethyl adjacent to an activating group) is 1. The minimum atomic E-state index is 0.191. The van der Waals surface area contributed by atoms with E-state index >= 15 is 0 Å². The third-order valence-corrected chi connectivity index (χ3v) is 6.84. The van der Waals surface area contributed by atoms with Gasteiger partial charge in [0, 0.05) is 30.5 Å². The summed E-state index contributed by atoms with van der Waals surface area (Å²) in [5.41, 5.74) is 8.95. The van der Waals surface area contributed by atoms with Crippen LogP contribution in [-0.4, -0.2) is 48.2 Å². The van der Waals surface area contributed by atoms with Crippen molar-refractivity contribution in [3.8, 4) is 0 Å². The van der Waals surface area contributed by atoms with Crippen molar-refractivity contribution in [1.82, 2.24) is 15.6 Å². The summed E-state index contributed by atoms with van der Waals surface area (Å²) >= 11 is 0. The molecule has 0 radical (unpaired) electrons. The molecule has 3 aliphatic heterocycles. The summed E-state index contributed by atoms with van der Waals surface area (Å²) in [6.07, 6.45) is 18.0. The molecule has 5 aliphatic rings. The molecule has 0 amide bonds. The summed E-state index contributed by atoms with van der Waals surface area (Å²) in [6.45, 7) is 6.04. The van der Waals surface area contributed by atoms with E-state index < -0.39 is 0 Å². The number of hydrogen-bond donors (Lipinski definition) is 2. The van der Waals surface area contributed by atoms with Gasteiger partial charge in [-0.3, -0.25) is 4.99 Å². The van der Waals surface area contributed by atoms with Gasteiger partial charge < -0.3 is 15.6 Å². The van der Waals surface area contributed by atoms with Gasteiger partial charge in [0.05, 0.1) is 24.0 Å². The highest BCUT2D eigenvalue weighted by molar-refractivity contribution is 5.83. The van der Waals surface area contributed by atoms with Crippen molar-refractivity contribution in [3.05, 3.63) is 59.4 Å². The number of dihydropyridines is 1. The van der Waals surface area contributed by atoms with E-state index in [1.807, 2.05) is 12.3 Å². The van der Waals surface area contributed by atoms with E-state index in [4.69, 9.17) is 4.99 Å². The van der Waals surface area contributed by atoms with Gasteiger partial charge in [-0.25, -0.2) is 0 Å². The van der Waals surface area contributed by atoms with Crippen molar-refractivity contribution in [1.29, 1.82) is 0 Å². The fraction of sp³-hybridized carbons (Fsp3) is 0.478. The van der Waals surface area contributed by atoms with Crippen LogP contribution in [0.15, 0.2) is 69.5 Å². The molecule has 0 bridgehead atoms. The summed E-state index contributed by atoms with van der Waals surface area (Å²) in [5.74, 6) is 1.40. The molecule has 146 valence electrons. The molecule has 2 aliphatic carbocycles.